The molecule has 0 aliphatic carbocycles. The predicted octanol–water partition coefficient (Wildman–Crippen LogP) is 2.18. The van der Waals surface area contributed by atoms with Gasteiger partial charge in [0.25, 0.3) is 0 Å². The molecule has 0 radical (unpaired) electrons. The van der Waals surface area contributed by atoms with Gasteiger partial charge in [0.2, 0.25) is 0 Å². The highest BCUT2D eigenvalue weighted by Crippen LogP contribution is 2.25. The third kappa shape index (κ3) is 1.69. The van der Waals surface area contributed by atoms with Crippen LogP contribution in [0.5, 0.6) is 5.75 Å². The second-order valence-electron chi connectivity index (χ2n) is 4.96. The molecule has 0 unspecified atom stereocenters. The standard InChI is InChI=1S/C17H13N2O2/c1-21-15-9-12-7-8-18-16(12)13(10-15)11-19(17(18)20)14-5-3-2-4-6-14/h2-11H,1H3/q+1. The molecule has 4 heteroatoms. The molecule has 2 heterocycles. The molecule has 0 aliphatic heterocycles. The molecule has 0 atom stereocenters. The quantitative estimate of drug-likeness (QED) is 0.526. The minimum absolute atomic E-state index is 0.0751. The molecule has 2 aromatic carbocycles. The lowest BCUT2D eigenvalue weighted by atomic mass is 10.2. The van der Waals surface area contributed by atoms with Gasteiger partial charge in [0, 0.05) is 5.39 Å². The lowest BCUT2D eigenvalue weighted by Gasteiger charge is -2.03. The zero-order valence-electron chi connectivity index (χ0n) is 11.5. The maximum absolute atomic E-state index is 12.6. The fourth-order valence-electron chi connectivity index (χ4n) is 2.75. The molecule has 0 bridgehead atoms. The van der Waals surface area contributed by atoms with E-state index in [1.54, 1.807) is 22.3 Å². The summed E-state index contributed by atoms with van der Waals surface area (Å²) in [5.41, 5.74) is 1.69. The Balaban J connectivity index is 2.14. The molecule has 0 N–H and O–H groups in total. The summed E-state index contributed by atoms with van der Waals surface area (Å²) in [4.78, 5) is 12.6. The zero-order chi connectivity index (χ0) is 14.4. The predicted molar refractivity (Wildman–Crippen MR) is 80.4 cm³/mol. The molecule has 21 heavy (non-hydrogen) atoms. The Labute approximate surface area is 120 Å². The fourth-order valence-corrected chi connectivity index (χ4v) is 2.75. The van der Waals surface area contributed by atoms with E-state index in [0.29, 0.717) is 0 Å². The van der Waals surface area contributed by atoms with Crippen LogP contribution in [0.15, 0.2) is 65.7 Å². The number of hydrogen-bond donors (Lipinski definition) is 0. The zero-order valence-corrected chi connectivity index (χ0v) is 11.5. The van der Waals surface area contributed by atoms with Gasteiger partial charge in [-0.05, 0) is 30.3 Å². The topological polar surface area (TPSA) is 34.6 Å². The van der Waals surface area contributed by atoms with Gasteiger partial charge in [-0.1, -0.05) is 18.2 Å². The van der Waals surface area contributed by atoms with Crippen LogP contribution < -0.4 is 15.0 Å². The first kappa shape index (κ1) is 11.9. The molecule has 0 fully saturated rings. The largest absolute Gasteiger partial charge is 0.508 e. The molecule has 4 nitrogen and oxygen atoms in total. The lowest BCUT2D eigenvalue weighted by Crippen LogP contribution is -2.50. The minimum Gasteiger partial charge on any atom is -0.497 e. The molecule has 4 rings (SSSR count). The Morgan fingerprint density at radius 3 is 2.57 bits per heavy atom. The second-order valence-corrected chi connectivity index (χ2v) is 4.96. The first-order chi connectivity index (χ1) is 10.3. The van der Waals surface area contributed by atoms with Crippen LogP contribution in [-0.4, -0.2) is 11.5 Å². The van der Waals surface area contributed by atoms with Crippen molar-refractivity contribution in [2.24, 2.45) is 0 Å². The van der Waals surface area contributed by atoms with Crippen LogP contribution in [0.2, 0.25) is 0 Å². The van der Waals surface area contributed by atoms with Crippen LogP contribution in [0.4, 0.5) is 0 Å². The average Bonchev–Trinajstić information content (AvgIpc) is 2.96. The molecule has 0 amide bonds. The Hall–Kier alpha value is -2.88. The van der Waals surface area contributed by atoms with Crippen LogP contribution in [0.3, 0.4) is 0 Å². The van der Waals surface area contributed by atoms with Crippen molar-refractivity contribution < 1.29 is 9.30 Å². The maximum Gasteiger partial charge on any atom is 0.508 e. The molecule has 0 spiro atoms. The van der Waals surface area contributed by atoms with E-state index in [1.807, 2.05) is 54.7 Å². The van der Waals surface area contributed by atoms with Crippen molar-refractivity contribution in [3.8, 4) is 11.4 Å². The van der Waals surface area contributed by atoms with Gasteiger partial charge in [0.15, 0.2) is 5.52 Å². The van der Waals surface area contributed by atoms with Crippen molar-refractivity contribution in [2.75, 3.05) is 7.11 Å². The second kappa shape index (κ2) is 4.31. The molecule has 0 saturated carbocycles. The normalized spacial score (nSPS) is 11.3. The number of nitrogens with zero attached hydrogens (tertiary/aromatic N) is 2. The third-order valence-corrected chi connectivity index (χ3v) is 3.74. The van der Waals surface area contributed by atoms with Gasteiger partial charge >= 0.3 is 5.69 Å². The first-order valence-electron chi connectivity index (χ1n) is 6.70. The molecule has 2 aromatic heterocycles. The number of hydrogen-bond acceptors (Lipinski definition) is 2. The SMILES string of the molecule is COc1cc2ccn3c(=O)[n+](-c4ccccc4)cc(c1)c23. The van der Waals surface area contributed by atoms with Crippen molar-refractivity contribution in [1.82, 2.24) is 4.40 Å². The first-order valence-corrected chi connectivity index (χ1v) is 6.70. The van der Waals surface area contributed by atoms with Crippen molar-refractivity contribution in [3.63, 3.8) is 0 Å². The van der Waals surface area contributed by atoms with Crippen molar-refractivity contribution >= 4 is 16.3 Å². The van der Waals surface area contributed by atoms with Gasteiger partial charge in [-0.3, -0.25) is 0 Å². The van der Waals surface area contributed by atoms with Gasteiger partial charge in [0.05, 0.1) is 12.5 Å². The van der Waals surface area contributed by atoms with Crippen LogP contribution in [-0.2, 0) is 0 Å². The molecule has 0 saturated heterocycles. The summed E-state index contributed by atoms with van der Waals surface area (Å²) in [6.45, 7) is 0. The van der Waals surface area contributed by atoms with Crippen LogP contribution in [0.25, 0.3) is 22.0 Å². The summed E-state index contributed by atoms with van der Waals surface area (Å²) in [6, 6.07) is 15.4. The van der Waals surface area contributed by atoms with Gasteiger partial charge in [-0.2, -0.15) is 13.8 Å². The number of aromatic nitrogens is 2. The fraction of sp³-hybridized carbons (Fsp3) is 0.0588. The van der Waals surface area contributed by atoms with Gasteiger partial charge < -0.3 is 4.74 Å². The number of rotatable bonds is 2. The van der Waals surface area contributed by atoms with E-state index in [2.05, 4.69) is 0 Å². The number of methoxy groups -OCH3 is 1. The summed E-state index contributed by atoms with van der Waals surface area (Å²) in [5, 5.41) is 1.97. The van der Waals surface area contributed by atoms with Crippen molar-refractivity contribution in [1.29, 1.82) is 0 Å². The van der Waals surface area contributed by atoms with E-state index in [1.165, 1.54) is 0 Å². The molecule has 4 aromatic rings. The number of para-hydroxylation sites is 1. The smallest absolute Gasteiger partial charge is 0.497 e. The molecular weight excluding hydrogens is 264 g/mol. The van der Waals surface area contributed by atoms with Crippen molar-refractivity contribution in [3.05, 3.63) is 71.4 Å². The highest BCUT2D eigenvalue weighted by molar-refractivity contribution is 5.96. The van der Waals surface area contributed by atoms with E-state index in [0.717, 1.165) is 27.7 Å². The Kier molecular flexibility index (Phi) is 2.44. The van der Waals surface area contributed by atoms with Gasteiger partial charge in [0.1, 0.15) is 23.8 Å². The molecule has 102 valence electrons. The average molecular weight is 277 g/mol. The van der Waals surface area contributed by atoms with E-state index in [4.69, 9.17) is 4.74 Å². The summed E-state index contributed by atoms with van der Waals surface area (Å²) < 4.78 is 8.66. The van der Waals surface area contributed by atoms with E-state index in [9.17, 15) is 4.79 Å². The molecular formula is C17H13N2O2+. The van der Waals surface area contributed by atoms with Crippen LogP contribution >= 0.6 is 0 Å². The number of benzene rings is 2. The number of ether oxygens (including phenoxy) is 1. The van der Waals surface area contributed by atoms with Gasteiger partial charge in [-0.15, -0.1) is 0 Å². The molecule has 0 aliphatic rings. The highest BCUT2D eigenvalue weighted by Gasteiger charge is 2.18. The van der Waals surface area contributed by atoms with E-state index >= 15 is 0 Å². The van der Waals surface area contributed by atoms with Crippen molar-refractivity contribution in [2.45, 2.75) is 0 Å². The minimum atomic E-state index is -0.0751. The van der Waals surface area contributed by atoms with E-state index < -0.39 is 0 Å². The summed E-state index contributed by atoms with van der Waals surface area (Å²) in [5.74, 6) is 0.786. The van der Waals surface area contributed by atoms with Crippen LogP contribution in [0, 0.1) is 0 Å². The summed E-state index contributed by atoms with van der Waals surface area (Å²) in [7, 11) is 1.65. The van der Waals surface area contributed by atoms with Gasteiger partial charge in [-0.25, -0.2) is 0 Å². The third-order valence-electron chi connectivity index (χ3n) is 3.74. The lowest BCUT2D eigenvalue weighted by molar-refractivity contribution is -0.614. The summed E-state index contributed by atoms with van der Waals surface area (Å²) >= 11 is 0. The van der Waals surface area contributed by atoms with Crippen LogP contribution in [0.1, 0.15) is 0 Å². The maximum atomic E-state index is 12.6. The Bertz CT molecular complexity index is 990. The summed E-state index contributed by atoms with van der Waals surface area (Å²) in [6.07, 6.45) is 3.67. The monoisotopic (exact) mass is 277 g/mol. The van der Waals surface area contributed by atoms with E-state index in [-0.39, 0.29) is 5.69 Å². The Morgan fingerprint density at radius 1 is 1.05 bits per heavy atom. The Morgan fingerprint density at radius 2 is 1.81 bits per heavy atom. The highest BCUT2D eigenvalue weighted by atomic mass is 16.5.